The molecule has 0 radical (unpaired) electrons. The van der Waals surface area contributed by atoms with Crippen molar-refractivity contribution in [2.24, 2.45) is 5.92 Å². The van der Waals surface area contributed by atoms with Gasteiger partial charge in [0.05, 0.1) is 23.4 Å². The number of amides is 1. The number of furan rings is 1. The van der Waals surface area contributed by atoms with E-state index in [-0.39, 0.29) is 17.7 Å². The summed E-state index contributed by atoms with van der Waals surface area (Å²) in [6, 6.07) is 15.1. The minimum absolute atomic E-state index is 0.00284. The molecule has 24 heavy (non-hydrogen) atoms. The Labute approximate surface area is 139 Å². The number of hydrogen-bond donors (Lipinski definition) is 0. The fourth-order valence-electron chi connectivity index (χ4n) is 3.07. The van der Waals surface area contributed by atoms with E-state index >= 15 is 0 Å². The van der Waals surface area contributed by atoms with Gasteiger partial charge in [0.25, 0.3) is 0 Å². The van der Waals surface area contributed by atoms with Gasteiger partial charge in [0.2, 0.25) is 5.91 Å². The predicted molar refractivity (Wildman–Crippen MR) is 89.4 cm³/mol. The minimum Gasteiger partial charge on any atom is -0.469 e. The number of carbonyl (C=O) groups excluding carboxylic acids is 1. The number of fused-ring (bicyclic) bond motifs is 1. The second-order valence-corrected chi connectivity index (χ2v) is 6.02. The first-order chi connectivity index (χ1) is 11.7. The SMILES string of the molecule is CN(C(=O)C1CC1c1ccco1)c1cc(C#N)c2ccccc2n1. The summed E-state index contributed by atoms with van der Waals surface area (Å²) in [6.07, 6.45) is 2.42. The first-order valence-corrected chi connectivity index (χ1v) is 7.80. The molecule has 4 rings (SSSR count). The topological polar surface area (TPSA) is 70.1 Å². The molecule has 0 saturated heterocycles. The van der Waals surface area contributed by atoms with E-state index in [1.807, 2.05) is 36.4 Å². The minimum atomic E-state index is -0.0834. The number of rotatable bonds is 3. The molecule has 118 valence electrons. The molecule has 3 aromatic rings. The Hall–Kier alpha value is -3.13. The molecule has 2 unspecified atom stereocenters. The van der Waals surface area contributed by atoms with E-state index in [9.17, 15) is 10.1 Å². The lowest BCUT2D eigenvalue weighted by Gasteiger charge is -2.17. The van der Waals surface area contributed by atoms with Gasteiger partial charge >= 0.3 is 0 Å². The number of pyridine rings is 1. The lowest BCUT2D eigenvalue weighted by Crippen LogP contribution is -2.29. The zero-order chi connectivity index (χ0) is 16.7. The highest BCUT2D eigenvalue weighted by molar-refractivity contribution is 5.98. The number of anilines is 1. The van der Waals surface area contributed by atoms with Crippen LogP contribution in [0.25, 0.3) is 10.9 Å². The predicted octanol–water partition coefficient (Wildman–Crippen LogP) is 3.47. The largest absolute Gasteiger partial charge is 0.469 e. The van der Waals surface area contributed by atoms with Crippen LogP contribution in [0.2, 0.25) is 0 Å². The van der Waals surface area contributed by atoms with Gasteiger partial charge in [-0.05, 0) is 30.7 Å². The standard InChI is InChI=1S/C19H15N3O2/c1-22(19(23)15-10-14(15)17-7-4-8-24-17)18-9-12(11-20)13-5-2-3-6-16(13)21-18/h2-9,14-15H,10H2,1H3. The van der Waals surface area contributed by atoms with Crippen molar-refractivity contribution in [3.05, 3.63) is 60.1 Å². The van der Waals surface area contributed by atoms with Gasteiger partial charge in [-0.1, -0.05) is 18.2 Å². The van der Waals surface area contributed by atoms with E-state index < -0.39 is 0 Å². The second kappa shape index (κ2) is 5.50. The number of aromatic nitrogens is 1. The van der Waals surface area contributed by atoms with Crippen LogP contribution in [0.1, 0.15) is 23.7 Å². The summed E-state index contributed by atoms with van der Waals surface area (Å²) in [4.78, 5) is 18.8. The van der Waals surface area contributed by atoms with Crippen LogP contribution in [0.4, 0.5) is 5.82 Å². The Kier molecular flexibility index (Phi) is 3.31. The molecule has 5 nitrogen and oxygen atoms in total. The smallest absolute Gasteiger partial charge is 0.231 e. The van der Waals surface area contributed by atoms with Crippen molar-refractivity contribution in [2.75, 3.05) is 11.9 Å². The molecule has 0 aliphatic heterocycles. The first-order valence-electron chi connectivity index (χ1n) is 7.80. The summed E-state index contributed by atoms with van der Waals surface area (Å²) in [5.74, 6) is 1.42. The number of carbonyl (C=O) groups is 1. The van der Waals surface area contributed by atoms with Gasteiger partial charge < -0.3 is 4.42 Å². The molecule has 1 fully saturated rings. The molecule has 5 heteroatoms. The quantitative estimate of drug-likeness (QED) is 0.741. The molecule has 2 aromatic heterocycles. The molecule has 1 aliphatic rings. The lowest BCUT2D eigenvalue weighted by molar-refractivity contribution is -0.119. The summed E-state index contributed by atoms with van der Waals surface area (Å²) in [6.45, 7) is 0. The lowest BCUT2D eigenvalue weighted by atomic mass is 10.1. The fourth-order valence-corrected chi connectivity index (χ4v) is 3.07. The van der Waals surface area contributed by atoms with Crippen LogP contribution in [-0.2, 0) is 4.79 Å². The van der Waals surface area contributed by atoms with Gasteiger partial charge in [-0.2, -0.15) is 5.26 Å². The first kappa shape index (κ1) is 14.5. The van der Waals surface area contributed by atoms with Crippen molar-refractivity contribution >= 4 is 22.6 Å². The van der Waals surface area contributed by atoms with E-state index in [1.165, 1.54) is 0 Å². The molecule has 2 heterocycles. The molecule has 0 bridgehead atoms. The maximum atomic E-state index is 12.7. The van der Waals surface area contributed by atoms with Crippen molar-refractivity contribution < 1.29 is 9.21 Å². The second-order valence-electron chi connectivity index (χ2n) is 6.02. The summed E-state index contributed by atoms with van der Waals surface area (Å²) >= 11 is 0. The van der Waals surface area contributed by atoms with Crippen LogP contribution in [0, 0.1) is 17.2 Å². The Morgan fingerprint density at radius 1 is 1.33 bits per heavy atom. The molecular weight excluding hydrogens is 302 g/mol. The molecule has 1 saturated carbocycles. The molecular formula is C19H15N3O2. The maximum absolute atomic E-state index is 12.7. The molecule has 1 aliphatic carbocycles. The van der Waals surface area contributed by atoms with Crippen molar-refractivity contribution in [1.82, 2.24) is 4.98 Å². The average Bonchev–Trinajstić information content (AvgIpc) is 3.24. The van der Waals surface area contributed by atoms with Crippen LogP contribution in [0.3, 0.4) is 0 Å². The number of nitriles is 1. The Bertz CT molecular complexity index is 956. The van der Waals surface area contributed by atoms with Gasteiger partial charge in [-0.3, -0.25) is 9.69 Å². The molecule has 0 spiro atoms. The third kappa shape index (κ3) is 2.33. The number of nitrogens with zero attached hydrogens (tertiary/aromatic N) is 3. The summed E-state index contributed by atoms with van der Waals surface area (Å²) in [7, 11) is 1.71. The third-order valence-corrected chi connectivity index (χ3v) is 4.51. The summed E-state index contributed by atoms with van der Waals surface area (Å²) in [5.41, 5.74) is 1.23. The average molecular weight is 317 g/mol. The molecule has 1 amide bonds. The van der Waals surface area contributed by atoms with Gasteiger partial charge in [-0.25, -0.2) is 4.98 Å². The Balaban J connectivity index is 1.63. The van der Waals surface area contributed by atoms with Crippen LogP contribution >= 0.6 is 0 Å². The highest BCUT2D eigenvalue weighted by Crippen LogP contribution is 2.48. The van der Waals surface area contributed by atoms with Crippen LogP contribution in [-0.4, -0.2) is 17.9 Å². The van der Waals surface area contributed by atoms with E-state index in [4.69, 9.17) is 4.42 Å². The van der Waals surface area contributed by atoms with Crippen LogP contribution in [0.15, 0.2) is 53.1 Å². The third-order valence-electron chi connectivity index (χ3n) is 4.51. The van der Waals surface area contributed by atoms with Crippen molar-refractivity contribution in [2.45, 2.75) is 12.3 Å². The highest BCUT2D eigenvalue weighted by atomic mass is 16.3. The summed E-state index contributed by atoms with van der Waals surface area (Å²) in [5, 5.41) is 10.2. The Morgan fingerprint density at radius 3 is 2.92 bits per heavy atom. The van der Waals surface area contributed by atoms with Crippen molar-refractivity contribution in [3.63, 3.8) is 0 Å². The number of benzene rings is 1. The van der Waals surface area contributed by atoms with Gasteiger partial charge in [-0.15, -0.1) is 0 Å². The van der Waals surface area contributed by atoms with E-state index in [1.54, 1.807) is 24.3 Å². The molecule has 0 N–H and O–H groups in total. The molecule has 1 aromatic carbocycles. The number of para-hydroxylation sites is 1. The maximum Gasteiger partial charge on any atom is 0.231 e. The monoisotopic (exact) mass is 317 g/mol. The zero-order valence-corrected chi connectivity index (χ0v) is 13.1. The normalized spacial score (nSPS) is 19.0. The number of hydrogen-bond acceptors (Lipinski definition) is 4. The van der Waals surface area contributed by atoms with E-state index in [2.05, 4.69) is 11.1 Å². The van der Waals surface area contributed by atoms with E-state index in [0.29, 0.717) is 16.9 Å². The highest BCUT2D eigenvalue weighted by Gasteiger charge is 2.47. The summed E-state index contributed by atoms with van der Waals surface area (Å²) < 4.78 is 5.39. The van der Waals surface area contributed by atoms with Crippen molar-refractivity contribution in [1.29, 1.82) is 5.26 Å². The van der Waals surface area contributed by atoms with E-state index in [0.717, 1.165) is 17.6 Å². The zero-order valence-electron chi connectivity index (χ0n) is 13.1. The van der Waals surface area contributed by atoms with Gasteiger partial charge in [0.1, 0.15) is 11.6 Å². The van der Waals surface area contributed by atoms with Gasteiger partial charge in [0.15, 0.2) is 0 Å². The van der Waals surface area contributed by atoms with Gasteiger partial charge in [0, 0.05) is 24.3 Å². The van der Waals surface area contributed by atoms with Crippen molar-refractivity contribution in [3.8, 4) is 6.07 Å². The van der Waals surface area contributed by atoms with Crippen LogP contribution in [0.5, 0.6) is 0 Å². The Morgan fingerprint density at radius 2 is 2.17 bits per heavy atom. The molecule has 2 atom stereocenters. The van der Waals surface area contributed by atoms with Crippen LogP contribution < -0.4 is 4.90 Å². The fraction of sp³-hybridized carbons (Fsp3) is 0.211.